The van der Waals surface area contributed by atoms with Crippen molar-refractivity contribution in [1.29, 1.82) is 5.41 Å². The number of nitrogens with zero attached hydrogens (tertiary/aromatic N) is 3. The molecule has 0 bridgehead atoms. The van der Waals surface area contributed by atoms with Crippen LogP contribution in [-0.2, 0) is 17.8 Å². The third kappa shape index (κ3) is 4.50. The normalized spacial score (nSPS) is 14.7. The molecule has 9 heteroatoms. The van der Waals surface area contributed by atoms with Crippen LogP contribution in [0.1, 0.15) is 26.0 Å². The minimum absolute atomic E-state index is 0.0398. The average Bonchev–Trinajstić information content (AvgIpc) is 3.10. The van der Waals surface area contributed by atoms with Crippen LogP contribution in [0.15, 0.2) is 41.7 Å². The zero-order chi connectivity index (χ0) is 22.1. The molecule has 0 unspecified atom stereocenters. The van der Waals surface area contributed by atoms with E-state index in [0.717, 1.165) is 12.6 Å². The maximum absolute atomic E-state index is 14.0. The Hall–Kier alpha value is -3.23. The fourth-order valence-electron chi connectivity index (χ4n) is 3.55. The number of anilines is 1. The van der Waals surface area contributed by atoms with Gasteiger partial charge in [-0.25, -0.2) is 0 Å². The third-order valence-corrected chi connectivity index (χ3v) is 5.08. The van der Waals surface area contributed by atoms with Gasteiger partial charge in [0.15, 0.2) is 0 Å². The highest BCUT2D eigenvalue weighted by molar-refractivity contribution is 6.07. The highest BCUT2D eigenvalue weighted by atomic mass is 19.3. The Morgan fingerprint density at radius 1 is 1.33 bits per heavy atom. The van der Waals surface area contributed by atoms with Gasteiger partial charge in [0.2, 0.25) is 5.91 Å². The molecule has 2 aromatic rings. The number of carbonyl (C=O) groups excluding carboxylic acids is 1. The van der Waals surface area contributed by atoms with Gasteiger partial charge in [0.1, 0.15) is 11.5 Å². The summed E-state index contributed by atoms with van der Waals surface area (Å²) in [5.74, 6) is -2.95. The number of aromatic nitrogens is 2. The minimum atomic E-state index is -3.07. The first-order chi connectivity index (χ1) is 14.1. The smallest absolute Gasteiger partial charge is 0.289 e. The molecule has 2 heterocycles. The average molecular weight is 416 g/mol. The maximum Gasteiger partial charge on any atom is 0.289 e. The van der Waals surface area contributed by atoms with Gasteiger partial charge in [-0.05, 0) is 17.7 Å². The second-order valence-electron chi connectivity index (χ2n) is 7.43. The topological polar surface area (TPSA) is 86.0 Å². The first kappa shape index (κ1) is 21.5. The fourth-order valence-corrected chi connectivity index (χ4v) is 3.55. The summed E-state index contributed by atoms with van der Waals surface area (Å²) < 4.78 is 29.3. The largest absolute Gasteiger partial charge is 0.391 e. The van der Waals surface area contributed by atoms with Crippen LogP contribution < -0.4 is 10.6 Å². The lowest BCUT2D eigenvalue weighted by atomic mass is 10.0. The van der Waals surface area contributed by atoms with Crippen LogP contribution >= 0.6 is 0 Å². The predicted octanol–water partition coefficient (Wildman–Crippen LogP) is 3.31. The lowest BCUT2D eigenvalue weighted by Gasteiger charge is -2.30. The Kier molecular flexibility index (Phi) is 5.91. The number of carbonyl (C=O) groups is 1. The van der Waals surface area contributed by atoms with Crippen LogP contribution in [0.25, 0.3) is 11.1 Å². The zero-order valence-electron chi connectivity index (χ0n) is 17.5. The highest BCUT2D eigenvalue weighted by Gasteiger charge is 2.32. The first-order valence-electron chi connectivity index (χ1n) is 9.63. The molecular weight excluding hydrogens is 390 g/mol. The lowest BCUT2D eigenvalue weighted by molar-refractivity contribution is -0.128. The van der Waals surface area contributed by atoms with E-state index in [1.807, 2.05) is 0 Å². The van der Waals surface area contributed by atoms with E-state index in [2.05, 4.69) is 15.7 Å². The van der Waals surface area contributed by atoms with Crippen LogP contribution in [0.5, 0.6) is 0 Å². The van der Waals surface area contributed by atoms with Gasteiger partial charge in [-0.15, -0.1) is 0 Å². The number of hydrogen-bond donors (Lipinski definition) is 3. The second-order valence-corrected chi connectivity index (χ2v) is 7.43. The summed E-state index contributed by atoms with van der Waals surface area (Å²) >= 11 is 0. The van der Waals surface area contributed by atoms with Gasteiger partial charge in [0.05, 0.1) is 6.54 Å². The van der Waals surface area contributed by atoms with E-state index in [4.69, 9.17) is 5.41 Å². The van der Waals surface area contributed by atoms with E-state index >= 15 is 0 Å². The number of rotatable bonds is 5. The number of hydrogen-bond acceptors (Lipinski definition) is 4. The second kappa shape index (κ2) is 8.25. The summed E-state index contributed by atoms with van der Waals surface area (Å²) in [6.07, 6.45) is 2.20. The molecule has 0 saturated carbocycles. The Bertz CT molecular complexity index is 1010. The van der Waals surface area contributed by atoms with E-state index in [-0.39, 0.29) is 17.4 Å². The Labute approximate surface area is 174 Å². The molecule has 1 aromatic heterocycles. The van der Waals surface area contributed by atoms with Crippen molar-refractivity contribution in [3.8, 4) is 11.1 Å². The number of amidine groups is 1. The van der Waals surface area contributed by atoms with Gasteiger partial charge in [0, 0.05) is 69.6 Å². The predicted molar refractivity (Wildman–Crippen MR) is 113 cm³/mol. The van der Waals surface area contributed by atoms with Crippen LogP contribution in [-0.4, -0.2) is 46.6 Å². The van der Waals surface area contributed by atoms with Crippen LogP contribution in [0, 0.1) is 5.41 Å². The van der Waals surface area contributed by atoms with Gasteiger partial charge >= 0.3 is 0 Å². The first-order valence-corrected chi connectivity index (χ1v) is 9.63. The molecule has 3 rings (SSSR count). The number of amides is 1. The lowest BCUT2D eigenvalue weighted by Crippen LogP contribution is -2.40. The standard InChI is InChI=1S/C21H26F2N6O/c1-13(30)29-9-8-18(25-3)17(12-29)20(24)26-15-7-5-6-14(10-15)16-11-28(4)27-19(16)21(2,22)23/h5-7,10-11,25H,8-9,12H2,1-4H3,(H2,24,26). The Morgan fingerprint density at radius 3 is 2.70 bits per heavy atom. The molecule has 1 aliphatic heterocycles. The van der Waals surface area contributed by atoms with Gasteiger partial charge in [-0.2, -0.15) is 13.9 Å². The number of halogens is 2. The van der Waals surface area contributed by atoms with Crippen molar-refractivity contribution < 1.29 is 13.6 Å². The molecular formula is C21H26F2N6O. The third-order valence-electron chi connectivity index (χ3n) is 5.08. The summed E-state index contributed by atoms with van der Waals surface area (Å²) in [7, 11) is 3.40. The van der Waals surface area contributed by atoms with Crippen molar-refractivity contribution in [1.82, 2.24) is 20.0 Å². The van der Waals surface area contributed by atoms with E-state index in [9.17, 15) is 13.6 Å². The molecule has 0 radical (unpaired) electrons. The van der Waals surface area contributed by atoms with Crippen LogP contribution in [0.4, 0.5) is 14.5 Å². The molecule has 160 valence electrons. The molecule has 0 spiro atoms. The van der Waals surface area contributed by atoms with E-state index in [0.29, 0.717) is 41.9 Å². The number of alkyl halides is 2. The van der Waals surface area contributed by atoms with Crippen molar-refractivity contribution in [2.45, 2.75) is 26.2 Å². The van der Waals surface area contributed by atoms with E-state index < -0.39 is 5.92 Å². The summed E-state index contributed by atoms with van der Waals surface area (Å²) in [6.45, 7) is 3.28. The summed E-state index contributed by atoms with van der Waals surface area (Å²) in [6, 6.07) is 6.96. The van der Waals surface area contributed by atoms with Gasteiger partial charge in [0.25, 0.3) is 5.92 Å². The van der Waals surface area contributed by atoms with Crippen molar-refractivity contribution in [3.05, 3.63) is 47.4 Å². The summed E-state index contributed by atoms with van der Waals surface area (Å²) in [4.78, 5) is 13.4. The Morgan fingerprint density at radius 2 is 2.07 bits per heavy atom. The van der Waals surface area contributed by atoms with Crippen molar-refractivity contribution in [3.63, 3.8) is 0 Å². The molecule has 0 aliphatic carbocycles. The molecule has 7 nitrogen and oxygen atoms in total. The molecule has 0 saturated heterocycles. The van der Waals surface area contributed by atoms with Crippen LogP contribution in [0.2, 0.25) is 0 Å². The minimum Gasteiger partial charge on any atom is -0.391 e. The molecule has 1 aliphatic rings. The maximum atomic E-state index is 14.0. The number of nitrogens with one attached hydrogen (secondary N) is 3. The van der Waals surface area contributed by atoms with Gasteiger partial charge < -0.3 is 15.5 Å². The van der Waals surface area contributed by atoms with Gasteiger partial charge in [-0.3, -0.25) is 14.9 Å². The monoisotopic (exact) mass is 416 g/mol. The highest BCUT2D eigenvalue weighted by Crippen LogP contribution is 2.35. The van der Waals surface area contributed by atoms with Crippen molar-refractivity contribution in [2.75, 3.05) is 25.5 Å². The molecule has 1 aromatic carbocycles. The Balaban J connectivity index is 1.88. The SMILES string of the molecule is CNC1=C(C(=N)Nc2cccc(-c3cn(C)nc3C(C)(F)F)c2)CN(C(C)=O)CC1. The molecule has 0 fully saturated rings. The molecule has 0 atom stereocenters. The van der Waals surface area contributed by atoms with E-state index in [1.54, 1.807) is 49.5 Å². The van der Waals surface area contributed by atoms with Crippen molar-refractivity contribution in [2.24, 2.45) is 7.05 Å². The van der Waals surface area contributed by atoms with Gasteiger partial charge in [-0.1, -0.05) is 12.1 Å². The number of benzene rings is 1. The fraction of sp³-hybridized carbons (Fsp3) is 0.381. The number of aryl methyl sites for hydroxylation is 1. The summed E-state index contributed by atoms with van der Waals surface area (Å²) in [5, 5.41) is 18.6. The van der Waals surface area contributed by atoms with Crippen LogP contribution in [0.3, 0.4) is 0 Å². The van der Waals surface area contributed by atoms with E-state index in [1.165, 1.54) is 11.6 Å². The molecule has 1 amide bonds. The molecule has 3 N–H and O–H groups in total. The molecule has 30 heavy (non-hydrogen) atoms. The summed E-state index contributed by atoms with van der Waals surface area (Å²) in [5.41, 5.74) is 2.83. The van der Waals surface area contributed by atoms with Crippen molar-refractivity contribution >= 4 is 17.4 Å². The quantitative estimate of drug-likeness (QED) is 0.516. The zero-order valence-corrected chi connectivity index (χ0v) is 17.5.